The smallest absolute Gasteiger partial charge is 0.225 e. The summed E-state index contributed by atoms with van der Waals surface area (Å²) < 4.78 is 5.31. The van der Waals surface area contributed by atoms with Crippen molar-refractivity contribution in [3.63, 3.8) is 0 Å². The summed E-state index contributed by atoms with van der Waals surface area (Å²) in [6.45, 7) is 5.65. The summed E-state index contributed by atoms with van der Waals surface area (Å²) in [7, 11) is 0. The zero-order valence-electron chi connectivity index (χ0n) is 14.2. The minimum Gasteiger partial charge on any atom is -0.379 e. The second-order valence-electron chi connectivity index (χ2n) is 6.51. The lowest BCUT2D eigenvalue weighted by molar-refractivity contribution is -0.129. The lowest BCUT2D eigenvalue weighted by atomic mass is 10.1. The van der Waals surface area contributed by atoms with Crippen LogP contribution in [0.15, 0.2) is 24.3 Å². The fourth-order valence-electron chi connectivity index (χ4n) is 3.24. The maximum atomic E-state index is 12.3. The second-order valence-corrected chi connectivity index (χ2v) is 6.92. The number of nitrogens with one attached hydrogen (secondary N) is 1. The van der Waals surface area contributed by atoms with Crippen molar-refractivity contribution in [1.82, 2.24) is 15.1 Å². The molecule has 0 bridgehead atoms. The van der Waals surface area contributed by atoms with E-state index < -0.39 is 0 Å². The number of carbonyl (C=O) groups is 2. The Labute approximate surface area is 153 Å². The monoisotopic (exact) mass is 365 g/mol. The number of carbonyl (C=O) groups excluding carboxylic acids is 2. The third-order valence-electron chi connectivity index (χ3n) is 4.74. The molecule has 2 amide bonds. The molecule has 6 nitrogen and oxygen atoms in total. The highest BCUT2D eigenvalue weighted by molar-refractivity contribution is 6.31. The van der Waals surface area contributed by atoms with Gasteiger partial charge in [-0.05, 0) is 11.6 Å². The first-order chi connectivity index (χ1) is 12.1. The van der Waals surface area contributed by atoms with Gasteiger partial charge >= 0.3 is 0 Å². The summed E-state index contributed by atoms with van der Waals surface area (Å²) in [5, 5.41) is 3.61. The molecule has 3 rings (SSSR count). The first-order valence-corrected chi connectivity index (χ1v) is 9.10. The van der Waals surface area contributed by atoms with E-state index in [9.17, 15) is 9.59 Å². The predicted octanol–water partition coefficient (Wildman–Crippen LogP) is 1.14. The predicted molar refractivity (Wildman–Crippen MR) is 95.2 cm³/mol. The molecule has 136 valence electrons. The molecule has 0 spiro atoms. The van der Waals surface area contributed by atoms with Crippen molar-refractivity contribution in [3.05, 3.63) is 34.9 Å². The summed E-state index contributed by atoms with van der Waals surface area (Å²) in [6, 6.07) is 7.48. The number of likely N-dealkylation sites (tertiary alicyclic amines) is 1. The third kappa shape index (κ3) is 4.93. The maximum absolute atomic E-state index is 12.3. The molecule has 1 aromatic carbocycles. The minimum absolute atomic E-state index is 0.00764. The molecule has 2 aliphatic heterocycles. The summed E-state index contributed by atoms with van der Waals surface area (Å²) in [6.07, 6.45) is 0.272. The molecule has 2 heterocycles. The van der Waals surface area contributed by atoms with Gasteiger partial charge in [0.25, 0.3) is 0 Å². The van der Waals surface area contributed by atoms with Crippen molar-refractivity contribution in [1.29, 1.82) is 0 Å². The Bertz CT molecular complexity index is 619. The molecule has 1 N–H and O–H groups in total. The highest BCUT2D eigenvalue weighted by atomic mass is 35.5. The largest absolute Gasteiger partial charge is 0.379 e. The fourth-order valence-corrected chi connectivity index (χ4v) is 3.43. The highest BCUT2D eigenvalue weighted by Gasteiger charge is 2.34. The third-order valence-corrected chi connectivity index (χ3v) is 5.10. The first kappa shape index (κ1) is 18.2. The Kier molecular flexibility index (Phi) is 6.29. The molecule has 0 radical (unpaired) electrons. The van der Waals surface area contributed by atoms with Crippen LogP contribution in [0.1, 0.15) is 12.0 Å². The molecule has 2 saturated heterocycles. The van der Waals surface area contributed by atoms with Gasteiger partial charge in [-0.15, -0.1) is 0 Å². The van der Waals surface area contributed by atoms with Crippen molar-refractivity contribution in [2.45, 2.75) is 13.0 Å². The van der Waals surface area contributed by atoms with E-state index in [1.54, 1.807) is 4.90 Å². The van der Waals surface area contributed by atoms with Gasteiger partial charge in [0.15, 0.2) is 0 Å². The van der Waals surface area contributed by atoms with Crippen LogP contribution in [-0.4, -0.2) is 67.6 Å². The van der Waals surface area contributed by atoms with Gasteiger partial charge < -0.3 is 15.0 Å². The number of halogens is 1. The molecule has 0 aliphatic carbocycles. The van der Waals surface area contributed by atoms with E-state index >= 15 is 0 Å². The van der Waals surface area contributed by atoms with E-state index in [-0.39, 0.29) is 24.2 Å². The molecule has 7 heteroatoms. The normalized spacial score (nSPS) is 21.6. The Morgan fingerprint density at radius 3 is 2.80 bits per heavy atom. The van der Waals surface area contributed by atoms with Gasteiger partial charge in [-0.2, -0.15) is 0 Å². The average Bonchev–Trinajstić information content (AvgIpc) is 2.99. The lowest BCUT2D eigenvalue weighted by Crippen LogP contribution is -2.42. The number of amides is 2. The van der Waals surface area contributed by atoms with E-state index in [2.05, 4.69) is 10.2 Å². The molecule has 2 aliphatic rings. The van der Waals surface area contributed by atoms with Crippen LogP contribution in [0.25, 0.3) is 0 Å². The number of morpholine rings is 1. The summed E-state index contributed by atoms with van der Waals surface area (Å²) in [5.41, 5.74) is 0.908. The average molecular weight is 366 g/mol. The quantitative estimate of drug-likeness (QED) is 0.821. The number of hydrogen-bond donors (Lipinski definition) is 1. The van der Waals surface area contributed by atoms with Crippen molar-refractivity contribution in [2.75, 3.05) is 45.9 Å². The summed E-state index contributed by atoms with van der Waals surface area (Å²) in [5.74, 6) is -0.309. The zero-order chi connectivity index (χ0) is 17.6. The van der Waals surface area contributed by atoms with Crippen LogP contribution in [0.4, 0.5) is 0 Å². The van der Waals surface area contributed by atoms with Gasteiger partial charge in [-0.1, -0.05) is 29.8 Å². The maximum Gasteiger partial charge on any atom is 0.225 e. The van der Waals surface area contributed by atoms with Gasteiger partial charge in [0, 0.05) is 50.7 Å². The molecule has 1 unspecified atom stereocenters. The topological polar surface area (TPSA) is 61.9 Å². The van der Waals surface area contributed by atoms with Crippen LogP contribution in [0, 0.1) is 5.92 Å². The van der Waals surface area contributed by atoms with E-state index in [1.165, 1.54) is 0 Å². The van der Waals surface area contributed by atoms with Crippen LogP contribution in [-0.2, 0) is 20.9 Å². The van der Waals surface area contributed by atoms with E-state index in [0.29, 0.717) is 24.7 Å². The molecular weight excluding hydrogens is 342 g/mol. The van der Waals surface area contributed by atoms with Gasteiger partial charge in [-0.3, -0.25) is 14.5 Å². The van der Waals surface area contributed by atoms with Crippen molar-refractivity contribution < 1.29 is 14.3 Å². The molecule has 25 heavy (non-hydrogen) atoms. The first-order valence-electron chi connectivity index (χ1n) is 8.72. The highest BCUT2D eigenvalue weighted by Crippen LogP contribution is 2.23. The number of hydrogen-bond acceptors (Lipinski definition) is 4. The van der Waals surface area contributed by atoms with Crippen molar-refractivity contribution >= 4 is 23.4 Å². The summed E-state index contributed by atoms with van der Waals surface area (Å²) >= 11 is 6.16. The molecule has 1 aromatic rings. The number of ether oxygens (including phenoxy) is 1. The number of nitrogens with zero attached hydrogens (tertiary/aromatic N) is 2. The molecular formula is C18H24ClN3O3. The van der Waals surface area contributed by atoms with Gasteiger partial charge in [0.2, 0.25) is 11.8 Å². The van der Waals surface area contributed by atoms with Gasteiger partial charge in [0.05, 0.1) is 19.1 Å². The number of benzene rings is 1. The van der Waals surface area contributed by atoms with E-state index in [0.717, 1.165) is 38.4 Å². The van der Waals surface area contributed by atoms with Crippen LogP contribution in [0.3, 0.4) is 0 Å². The van der Waals surface area contributed by atoms with Crippen molar-refractivity contribution in [3.8, 4) is 0 Å². The molecule has 1 atom stereocenters. The van der Waals surface area contributed by atoms with Crippen LogP contribution >= 0.6 is 11.6 Å². The molecule has 0 saturated carbocycles. The molecule has 2 fully saturated rings. The SMILES string of the molecule is O=C(NCCN1CCOCC1)C1CC(=O)N(Cc2ccccc2Cl)C1. The Morgan fingerprint density at radius 2 is 2.04 bits per heavy atom. The fraction of sp³-hybridized carbons (Fsp3) is 0.556. The number of rotatable bonds is 6. The Morgan fingerprint density at radius 1 is 1.28 bits per heavy atom. The van der Waals surface area contributed by atoms with E-state index in [4.69, 9.17) is 16.3 Å². The minimum atomic E-state index is -0.278. The zero-order valence-corrected chi connectivity index (χ0v) is 15.0. The standard InChI is InChI=1S/C18H24ClN3O3/c19-16-4-2-1-3-14(16)12-22-13-15(11-17(22)23)18(24)20-5-6-21-7-9-25-10-8-21/h1-4,15H,5-13H2,(H,20,24). The lowest BCUT2D eigenvalue weighted by Gasteiger charge is -2.26. The van der Waals surface area contributed by atoms with Crippen LogP contribution < -0.4 is 5.32 Å². The Hall–Kier alpha value is -1.63. The molecule has 0 aromatic heterocycles. The summed E-state index contributed by atoms with van der Waals surface area (Å²) in [4.78, 5) is 28.5. The van der Waals surface area contributed by atoms with Crippen LogP contribution in [0.2, 0.25) is 5.02 Å². The van der Waals surface area contributed by atoms with Gasteiger partial charge in [-0.25, -0.2) is 0 Å². The van der Waals surface area contributed by atoms with Gasteiger partial charge in [0.1, 0.15) is 0 Å². The van der Waals surface area contributed by atoms with Crippen molar-refractivity contribution in [2.24, 2.45) is 5.92 Å². The second kappa shape index (κ2) is 8.65. The Balaban J connectivity index is 1.45. The van der Waals surface area contributed by atoms with E-state index in [1.807, 2.05) is 24.3 Å². The van der Waals surface area contributed by atoms with Crippen LogP contribution in [0.5, 0.6) is 0 Å².